The van der Waals surface area contributed by atoms with E-state index in [0.717, 1.165) is 18.4 Å². The summed E-state index contributed by atoms with van der Waals surface area (Å²) in [5, 5.41) is 0.250. The van der Waals surface area contributed by atoms with Crippen molar-refractivity contribution < 1.29 is 23.5 Å². The molecule has 1 aromatic carbocycles. The van der Waals surface area contributed by atoms with E-state index in [4.69, 9.17) is 13.9 Å². The molecule has 164 valence electrons. The number of esters is 2. The van der Waals surface area contributed by atoms with E-state index in [2.05, 4.69) is 0 Å². The molecule has 1 aliphatic carbocycles. The van der Waals surface area contributed by atoms with Crippen LogP contribution in [0.3, 0.4) is 0 Å². The Kier molecular flexibility index (Phi) is 7.10. The minimum Gasteiger partial charge on any atom is -0.452 e. The molecule has 0 aliphatic heterocycles. The zero-order chi connectivity index (χ0) is 22.5. The van der Waals surface area contributed by atoms with Gasteiger partial charge in [0.25, 0.3) is 0 Å². The number of hydrogen-bond donors (Lipinski definition) is 0. The predicted octanol–water partition coefficient (Wildman–Crippen LogP) is 5.43. The molecule has 1 heterocycles. The average Bonchev–Trinajstić information content (AvgIpc) is 2.69. The highest BCUT2D eigenvalue weighted by Gasteiger charge is 2.22. The summed E-state index contributed by atoms with van der Waals surface area (Å²) in [5.74, 6) is -0.368. The van der Waals surface area contributed by atoms with Crippen LogP contribution in [0.4, 0.5) is 0 Å². The molecule has 0 bridgehead atoms. The molecule has 2 aromatic rings. The number of benzene rings is 1. The van der Waals surface area contributed by atoms with Crippen LogP contribution in [0.5, 0.6) is 11.5 Å². The van der Waals surface area contributed by atoms with E-state index in [9.17, 15) is 14.4 Å². The van der Waals surface area contributed by atoms with Crippen molar-refractivity contribution >= 4 is 28.5 Å². The van der Waals surface area contributed by atoms with E-state index in [1.807, 2.05) is 45.9 Å². The highest BCUT2D eigenvalue weighted by Crippen LogP contribution is 2.37. The fourth-order valence-corrected chi connectivity index (χ4v) is 3.28. The summed E-state index contributed by atoms with van der Waals surface area (Å²) in [6, 6.07) is 4.41. The minimum atomic E-state index is -0.492. The molecule has 0 unspecified atom stereocenters. The third-order valence-corrected chi connectivity index (χ3v) is 4.68. The Morgan fingerprint density at radius 2 is 1.68 bits per heavy atom. The van der Waals surface area contributed by atoms with Crippen molar-refractivity contribution in [3.63, 3.8) is 0 Å². The number of carbonyl (C=O) groups excluding carboxylic acids is 2. The summed E-state index contributed by atoms with van der Waals surface area (Å²) in [6.07, 6.45) is 8.04. The first-order valence-electron chi connectivity index (χ1n) is 10.6. The van der Waals surface area contributed by atoms with Crippen molar-refractivity contribution in [1.29, 1.82) is 0 Å². The molecule has 0 amide bonds. The summed E-state index contributed by atoms with van der Waals surface area (Å²) in [6.45, 7) is 7.60. The van der Waals surface area contributed by atoms with Gasteiger partial charge < -0.3 is 13.9 Å². The molecule has 0 radical (unpaired) electrons. The van der Waals surface area contributed by atoms with E-state index >= 15 is 0 Å². The van der Waals surface area contributed by atoms with Crippen molar-refractivity contribution in [2.24, 2.45) is 11.8 Å². The van der Waals surface area contributed by atoms with Gasteiger partial charge in [-0.2, -0.15) is 0 Å². The smallest absolute Gasteiger partial charge is 0.311 e. The summed E-state index contributed by atoms with van der Waals surface area (Å²) in [5.41, 5.74) is 0.610. The van der Waals surface area contributed by atoms with Crippen LogP contribution < -0.4 is 14.9 Å². The maximum atomic E-state index is 12.8. The Labute approximate surface area is 181 Å². The van der Waals surface area contributed by atoms with Gasteiger partial charge in [-0.05, 0) is 36.8 Å². The maximum Gasteiger partial charge on any atom is 0.311 e. The van der Waals surface area contributed by atoms with Gasteiger partial charge >= 0.3 is 11.9 Å². The quantitative estimate of drug-likeness (QED) is 0.435. The fourth-order valence-electron chi connectivity index (χ4n) is 3.28. The van der Waals surface area contributed by atoms with Crippen LogP contribution in [0.15, 0.2) is 45.6 Å². The largest absolute Gasteiger partial charge is 0.452 e. The fraction of sp³-hybridized carbons (Fsp3) is 0.400. The summed E-state index contributed by atoms with van der Waals surface area (Å²) >= 11 is 0. The predicted molar refractivity (Wildman–Crippen MR) is 119 cm³/mol. The molecule has 6 nitrogen and oxygen atoms in total. The van der Waals surface area contributed by atoms with E-state index in [-0.39, 0.29) is 52.6 Å². The van der Waals surface area contributed by atoms with Gasteiger partial charge in [0.1, 0.15) is 5.76 Å². The van der Waals surface area contributed by atoms with Crippen molar-refractivity contribution in [2.75, 3.05) is 0 Å². The second-order valence-electron chi connectivity index (χ2n) is 8.53. The Morgan fingerprint density at radius 3 is 2.29 bits per heavy atom. The van der Waals surface area contributed by atoms with Gasteiger partial charge in [0, 0.05) is 24.5 Å². The first kappa shape index (κ1) is 22.5. The highest BCUT2D eigenvalue weighted by atomic mass is 16.6. The lowest BCUT2D eigenvalue weighted by molar-refractivity contribution is -0.138. The number of ether oxygens (including phenoxy) is 2. The second kappa shape index (κ2) is 9.77. The maximum absolute atomic E-state index is 12.8. The van der Waals surface area contributed by atoms with Crippen LogP contribution >= 0.6 is 0 Å². The lowest BCUT2D eigenvalue weighted by Gasteiger charge is -2.14. The van der Waals surface area contributed by atoms with Crippen molar-refractivity contribution in [1.82, 2.24) is 0 Å². The van der Waals surface area contributed by atoms with Gasteiger partial charge in [0.05, 0.1) is 5.39 Å². The Balaban J connectivity index is 2.13. The molecule has 0 saturated heterocycles. The van der Waals surface area contributed by atoms with Gasteiger partial charge in [-0.25, -0.2) is 0 Å². The molecular formula is C25H28O6. The summed E-state index contributed by atoms with van der Waals surface area (Å²) < 4.78 is 17.1. The lowest BCUT2D eigenvalue weighted by Crippen LogP contribution is -2.15. The first-order valence-corrected chi connectivity index (χ1v) is 10.6. The SMILES string of the molecule is CC(C)CC(=O)Oc1ccc2c(=O)cc(C3=CCCC=C3)oc2c1OC(=O)CC(C)C. The third kappa shape index (κ3) is 5.72. The third-order valence-electron chi connectivity index (χ3n) is 4.68. The van der Waals surface area contributed by atoms with Gasteiger partial charge in [-0.3, -0.25) is 14.4 Å². The molecule has 1 aliphatic rings. The molecule has 3 rings (SSSR count). The summed E-state index contributed by atoms with van der Waals surface area (Å²) in [7, 11) is 0. The monoisotopic (exact) mass is 424 g/mol. The van der Waals surface area contributed by atoms with Gasteiger partial charge in [-0.15, -0.1) is 0 Å². The van der Waals surface area contributed by atoms with Crippen molar-refractivity contribution in [2.45, 2.75) is 53.4 Å². The standard InChI is InChI=1S/C25H28O6/c1-15(2)12-22(27)29-20-11-10-18-19(26)14-21(17-8-6-5-7-9-17)30-24(18)25(20)31-23(28)13-16(3)4/h6,8-11,14-16H,5,7,12-13H2,1-4H3. The van der Waals surface area contributed by atoms with E-state index in [0.29, 0.717) is 5.76 Å². The molecule has 1 aromatic heterocycles. The van der Waals surface area contributed by atoms with Crippen LogP contribution in [-0.2, 0) is 9.59 Å². The molecular weight excluding hydrogens is 396 g/mol. The normalized spacial score (nSPS) is 13.5. The van der Waals surface area contributed by atoms with Gasteiger partial charge in [0.15, 0.2) is 16.8 Å². The Morgan fingerprint density at radius 1 is 1.00 bits per heavy atom. The number of hydrogen-bond acceptors (Lipinski definition) is 6. The van der Waals surface area contributed by atoms with Crippen LogP contribution in [0.25, 0.3) is 16.5 Å². The zero-order valence-electron chi connectivity index (χ0n) is 18.4. The molecule has 0 saturated carbocycles. The molecule has 0 fully saturated rings. The molecule has 0 N–H and O–H groups in total. The molecule has 0 atom stereocenters. The minimum absolute atomic E-state index is 0.0420. The topological polar surface area (TPSA) is 82.8 Å². The summed E-state index contributed by atoms with van der Waals surface area (Å²) in [4.78, 5) is 37.5. The lowest BCUT2D eigenvalue weighted by atomic mass is 10.0. The highest BCUT2D eigenvalue weighted by molar-refractivity contribution is 5.90. The van der Waals surface area contributed by atoms with Crippen molar-refractivity contribution in [3.05, 3.63) is 52.4 Å². The second-order valence-corrected chi connectivity index (χ2v) is 8.53. The number of rotatable bonds is 7. The van der Waals surface area contributed by atoms with E-state index < -0.39 is 11.9 Å². The average molecular weight is 424 g/mol. The van der Waals surface area contributed by atoms with Crippen LogP contribution in [0.2, 0.25) is 0 Å². The number of allylic oxidation sites excluding steroid dienone is 4. The number of carbonyl (C=O) groups is 2. The first-order chi connectivity index (χ1) is 14.7. The van der Waals surface area contributed by atoms with Crippen molar-refractivity contribution in [3.8, 4) is 11.5 Å². The van der Waals surface area contributed by atoms with E-state index in [1.165, 1.54) is 18.2 Å². The van der Waals surface area contributed by atoms with E-state index in [1.54, 1.807) is 0 Å². The van der Waals surface area contributed by atoms with Crippen LogP contribution in [0.1, 0.15) is 59.1 Å². The van der Waals surface area contributed by atoms with Crippen LogP contribution in [0, 0.1) is 11.8 Å². The van der Waals surface area contributed by atoms with Gasteiger partial charge in [0.2, 0.25) is 5.75 Å². The zero-order valence-corrected chi connectivity index (χ0v) is 18.4. The molecule has 31 heavy (non-hydrogen) atoms. The van der Waals surface area contributed by atoms with Crippen LogP contribution in [-0.4, -0.2) is 11.9 Å². The Bertz CT molecular complexity index is 1100. The van der Waals surface area contributed by atoms with Gasteiger partial charge in [-0.1, -0.05) is 45.9 Å². The Hall–Kier alpha value is -3.15. The number of fused-ring (bicyclic) bond motifs is 1. The molecule has 0 spiro atoms. The molecule has 6 heteroatoms.